The molecule has 1 N–H and O–H groups in total. The van der Waals surface area contributed by atoms with Crippen molar-refractivity contribution in [2.45, 2.75) is 57.1 Å². The predicted octanol–water partition coefficient (Wildman–Crippen LogP) is 2.21. The lowest BCUT2D eigenvalue weighted by Gasteiger charge is -2.21. The number of rotatable bonds is 3. The minimum atomic E-state index is 0.0638. The van der Waals surface area contributed by atoms with E-state index in [1.807, 2.05) is 12.3 Å². The van der Waals surface area contributed by atoms with Crippen molar-refractivity contribution < 1.29 is 9.53 Å². The smallest absolute Gasteiger partial charge is 0.226 e. The average Bonchev–Trinajstić information content (AvgIpc) is 3.05. The molecule has 1 aromatic rings. The minimum Gasteiger partial charge on any atom is -0.373 e. The van der Waals surface area contributed by atoms with Crippen LogP contribution in [0.2, 0.25) is 0 Å². The van der Waals surface area contributed by atoms with Crippen molar-refractivity contribution in [1.29, 1.82) is 0 Å². The summed E-state index contributed by atoms with van der Waals surface area (Å²) < 4.78 is 5.94. The summed E-state index contributed by atoms with van der Waals surface area (Å²) in [5.41, 5.74) is 0.948. The largest absolute Gasteiger partial charge is 0.373 e. The molecule has 2 aliphatic rings. The first-order chi connectivity index (χ1) is 9.15. The Hall–Kier alpha value is -0.940. The van der Waals surface area contributed by atoms with E-state index < -0.39 is 0 Å². The maximum atomic E-state index is 12.0. The number of carbonyl (C=O) groups excluding carboxylic acids is 1. The minimum absolute atomic E-state index is 0.0638. The van der Waals surface area contributed by atoms with E-state index in [0.717, 1.165) is 30.0 Å². The molecule has 0 aromatic carbocycles. The topological polar surface area (TPSA) is 51.2 Å². The number of nitrogens with zero attached hydrogens (tertiary/aromatic N) is 1. The summed E-state index contributed by atoms with van der Waals surface area (Å²) in [5, 5.41) is 6.06. The molecule has 1 aliphatic carbocycles. The summed E-state index contributed by atoms with van der Waals surface area (Å²) in [4.78, 5) is 16.3. The van der Waals surface area contributed by atoms with Gasteiger partial charge in [-0.3, -0.25) is 4.79 Å². The molecule has 1 aromatic heterocycles. The maximum absolute atomic E-state index is 12.0. The summed E-state index contributed by atoms with van der Waals surface area (Å²) in [7, 11) is 0. The highest BCUT2D eigenvalue weighted by Gasteiger charge is 2.42. The Kier molecular flexibility index (Phi) is 3.58. The zero-order valence-corrected chi connectivity index (χ0v) is 12.1. The van der Waals surface area contributed by atoms with Gasteiger partial charge in [-0.2, -0.15) is 0 Å². The molecule has 2 fully saturated rings. The lowest BCUT2D eigenvalue weighted by Crippen LogP contribution is -2.37. The van der Waals surface area contributed by atoms with Crippen molar-refractivity contribution in [2.75, 3.05) is 6.61 Å². The summed E-state index contributed by atoms with van der Waals surface area (Å²) >= 11 is 1.59. The molecular formula is C14H20N2O2S. The molecule has 2 heterocycles. The Morgan fingerprint density at radius 3 is 3.05 bits per heavy atom. The molecule has 5 heteroatoms. The standard InChI is InChI=1S/C14H20N2O2S/c1-10-15-11(9-19-10)6-13(17)16-12-7-14(18-8-12)4-2-3-5-14/h9,12H,2-8H2,1H3,(H,16,17)/t12-/m1/s1. The number of aromatic nitrogens is 1. The van der Waals surface area contributed by atoms with Crippen LogP contribution in [0.25, 0.3) is 0 Å². The van der Waals surface area contributed by atoms with Gasteiger partial charge in [-0.25, -0.2) is 4.98 Å². The Bertz CT molecular complexity index is 466. The number of ether oxygens (including phenoxy) is 1. The summed E-state index contributed by atoms with van der Waals surface area (Å²) in [5.74, 6) is 0.0638. The summed E-state index contributed by atoms with van der Waals surface area (Å²) in [6.07, 6.45) is 6.20. The molecule has 1 amide bonds. The second kappa shape index (κ2) is 5.21. The molecule has 4 nitrogen and oxygen atoms in total. The van der Waals surface area contributed by atoms with E-state index in [-0.39, 0.29) is 17.6 Å². The van der Waals surface area contributed by atoms with Crippen LogP contribution in [0.3, 0.4) is 0 Å². The molecule has 1 spiro atoms. The van der Waals surface area contributed by atoms with E-state index in [1.54, 1.807) is 11.3 Å². The number of hydrogen-bond donors (Lipinski definition) is 1. The first-order valence-electron chi connectivity index (χ1n) is 7.00. The maximum Gasteiger partial charge on any atom is 0.226 e. The van der Waals surface area contributed by atoms with E-state index in [4.69, 9.17) is 4.74 Å². The summed E-state index contributed by atoms with van der Waals surface area (Å²) in [6.45, 7) is 2.63. The van der Waals surface area contributed by atoms with Gasteiger partial charge in [0.2, 0.25) is 5.91 Å². The fourth-order valence-electron chi connectivity index (χ4n) is 3.24. The van der Waals surface area contributed by atoms with Gasteiger partial charge in [0.05, 0.1) is 35.4 Å². The molecule has 0 bridgehead atoms. The van der Waals surface area contributed by atoms with Crippen LogP contribution in [0, 0.1) is 6.92 Å². The number of carbonyl (C=O) groups is 1. The third-order valence-electron chi connectivity index (χ3n) is 4.10. The average molecular weight is 280 g/mol. The summed E-state index contributed by atoms with van der Waals surface area (Å²) in [6, 6.07) is 0.185. The van der Waals surface area contributed by atoms with Crippen LogP contribution in [0.5, 0.6) is 0 Å². The SMILES string of the molecule is Cc1nc(CC(=O)N[C@H]2COC3(CCCC3)C2)cs1. The Labute approximate surface area is 117 Å². The molecule has 1 saturated carbocycles. The molecule has 0 unspecified atom stereocenters. The molecule has 1 aliphatic heterocycles. The van der Waals surface area contributed by atoms with Gasteiger partial charge in [0.15, 0.2) is 0 Å². The monoisotopic (exact) mass is 280 g/mol. The molecule has 3 rings (SSSR count). The lowest BCUT2D eigenvalue weighted by molar-refractivity contribution is -0.121. The molecule has 1 saturated heterocycles. The van der Waals surface area contributed by atoms with Gasteiger partial charge < -0.3 is 10.1 Å². The number of thiazole rings is 1. The van der Waals surface area contributed by atoms with E-state index in [9.17, 15) is 4.79 Å². The molecule has 19 heavy (non-hydrogen) atoms. The highest BCUT2D eigenvalue weighted by atomic mass is 32.1. The first kappa shape index (κ1) is 13.1. The molecule has 0 radical (unpaired) electrons. The van der Waals surface area contributed by atoms with Crippen LogP contribution < -0.4 is 5.32 Å². The molecular weight excluding hydrogens is 260 g/mol. The fraction of sp³-hybridized carbons (Fsp3) is 0.714. The van der Waals surface area contributed by atoms with Crippen LogP contribution in [0.1, 0.15) is 42.8 Å². The van der Waals surface area contributed by atoms with Crippen LogP contribution in [0.15, 0.2) is 5.38 Å². The van der Waals surface area contributed by atoms with Gasteiger partial charge >= 0.3 is 0 Å². The van der Waals surface area contributed by atoms with Crippen LogP contribution >= 0.6 is 11.3 Å². The molecule has 104 valence electrons. The van der Waals surface area contributed by atoms with E-state index >= 15 is 0 Å². The zero-order chi connectivity index (χ0) is 13.3. The third-order valence-corrected chi connectivity index (χ3v) is 4.92. The van der Waals surface area contributed by atoms with Gasteiger partial charge in [0.25, 0.3) is 0 Å². The lowest BCUT2D eigenvalue weighted by atomic mass is 9.96. The number of hydrogen-bond acceptors (Lipinski definition) is 4. The normalized spacial score (nSPS) is 25.0. The fourth-order valence-corrected chi connectivity index (χ4v) is 3.85. The number of nitrogens with one attached hydrogen (secondary N) is 1. The van der Waals surface area contributed by atoms with E-state index in [1.165, 1.54) is 12.8 Å². The predicted molar refractivity (Wildman–Crippen MR) is 74.3 cm³/mol. The van der Waals surface area contributed by atoms with E-state index in [0.29, 0.717) is 13.0 Å². The van der Waals surface area contributed by atoms with Crippen molar-refractivity contribution in [2.24, 2.45) is 0 Å². The van der Waals surface area contributed by atoms with Gasteiger partial charge in [0, 0.05) is 5.38 Å². The van der Waals surface area contributed by atoms with Crippen molar-refractivity contribution >= 4 is 17.2 Å². The highest BCUT2D eigenvalue weighted by Crippen LogP contribution is 2.40. The van der Waals surface area contributed by atoms with Crippen molar-refractivity contribution in [3.63, 3.8) is 0 Å². The van der Waals surface area contributed by atoms with Crippen LogP contribution in [0.4, 0.5) is 0 Å². The zero-order valence-electron chi connectivity index (χ0n) is 11.3. The van der Waals surface area contributed by atoms with E-state index in [2.05, 4.69) is 10.3 Å². The highest BCUT2D eigenvalue weighted by molar-refractivity contribution is 7.09. The second-order valence-corrected chi connectivity index (χ2v) is 6.77. The van der Waals surface area contributed by atoms with Crippen molar-refractivity contribution in [3.05, 3.63) is 16.1 Å². The van der Waals surface area contributed by atoms with Gasteiger partial charge in [-0.05, 0) is 26.2 Å². The number of amides is 1. The van der Waals surface area contributed by atoms with Gasteiger partial charge in [-0.15, -0.1) is 11.3 Å². The van der Waals surface area contributed by atoms with Gasteiger partial charge in [-0.1, -0.05) is 12.8 Å². The quantitative estimate of drug-likeness (QED) is 0.923. The third kappa shape index (κ3) is 2.98. The van der Waals surface area contributed by atoms with Crippen molar-refractivity contribution in [3.8, 4) is 0 Å². The Morgan fingerprint density at radius 1 is 1.58 bits per heavy atom. The second-order valence-electron chi connectivity index (χ2n) is 5.70. The van der Waals surface area contributed by atoms with Crippen LogP contribution in [-0.4, -0.2) is 29.1 Å². The van der Waals surface area contributed by atoms with Gasteiger partial charge in [0.1, 0.15) is 0 Å². The van der Waals surface area contributed by atoms with Crippen LogP contribution in [-0.2, 0) is 16.0 Å². The molecule has 1 atom stereocenters. The first-order valence-corrected chi connectivity index (χ1v) is 7.88. The van der Waals surface area contributed by atoms with Crippen molar-refractivity contribution in [1.82, 2.24) is 10.3 Å². The Balaban J connectivity index is 1.50. The number of aryl methyl sites for hydroxylation is 1. The Morgan fingerprint density at radius 2 is 2.37 bits per heavy atom.